The highest BCUT2D eigenvalue weighted by molar-refractivity contribution is 7.09. The standard InChI is InChI=1S/C18H22N2O3S/c1-12(21)15-6-7-20(9-15)18(22)14-4-3-5-17(8-14)23-10-16-11-24-13(2)19-16/h3-5,8,11-12,15,21H,6-7,9-10H2,1-2H3. The average molecular weight is 346 g/mol. The molecule has 1 fully saturated rings. The van der Waals surface area contributed by atoms with E-state index < -0.39 is 0 Å². The first-order valence-electron chi connectivity index (χ1n) is 8.14. The fraction of sp³-hybridized carbons (Fsp3) is 0.444. The summed E-state index contributed by atoms with van der Waals surface area (Å²) in [4.78, 5) is 18.8. The van der Waals surface area contributed by atoms with E-state index in [0.717, 1.165) is 17.1 Å². The number of aromatic nitrogens is 1. The van der Waals surface area contributed by atoms with E-state index >= 15 is 0 Å². The number of thiazole rings is 1. The first-order valence-corrected chi connectivity index (χ1v) is 9.02. The Morgan fingerprint density at radius 1 is 1.54 bits per heavy atom. The highest BCUT2D eigenvalue weighted by atomic mass is 32.1. The zero-order chi connectivity index (χ0) is 17.1. The predicted octanol–water partition coefficient (Wildman–Crippen LogP) is 2.87. The lowest BCUT2D eigenvalue weighted by molar-refractivity contribution is 0.0762. The van der Waals surface area contributed by atoms with E-state index in [4.69, 9.17) is 4.74 Å². The number of hydrogen-bond donors (Lipinski definition) is 1. The maximum atomic E-state index is 12.6. The van der Waals surface area contributed by atoms with E-state index in [-0.39, 0.29) is 17.9 Å². The zero-order valence-corrected chi connectivity index (χ0v) is 14.8. The molecule has 0 radical (unpaired) electrons. The minimum atomic E-state index is -0.376. The molecule has 1 amide bonds. The number of ether oxygens (including phenoxy) is 1. The van der Waals surface area contributed by atoms with Gasteiger partial charge < -0.3 is 14.7 Å². The number of amides is 1. The largest absolute Gasteiger partial charge is 0.487 e. The van der Waals surface area contributed by atoms with Crippen molar-refractivity contribution >= 4 is 17.2 Å². The van der Waals surface area contributed by atoms with E-state index in [2.05, 4.69) is 4.98 Å². The molecule has 0 aliphatic carbocycles. The molecule has 6 heteroatoms. The number of aliphatic hydroxyl groups is 1. The van der Waals surface area contributed by atoms with E-state index in [1.807, 2.05) is 24.4 Å². The van der Waals surface area contributed by atoms with Crippen LogP contribution in [0.5, 0.6) is 5.75 Å². The maximum absolute atomic E-state index is 12.6. The van der Waals surface area contributed by atoms with Crippen LogP contribution in [0.3, 0.4) is 0 Å². The maximum Gasteiger partial charge on any atom is 0.253 e. The molecule has 2 heterocycles. The molecule has 1 aliphatic rings. The number of likely N-dealkylation sites (tertiary alicyclic amines) is 1. The van der Waals surface area contributed by atoms with Crippen molar-refractivity contribution in [2.75, 3.05) is 13.1 Å². The first-order chi connectivity index (χ1) is 11.5. The van der Waals surface area contributed by atoms with Gasteiger partial charge in [-0.15, -0.1) is 11.3 Å². The summed E-state index contributed by atoms with van der Waals surface area (Å²) in [5.74, 6) is 0.826. The molecule has 1 aromatic heterocycles. The van der Waals surface area contributed by atoms with Gasteiger partial charge >= 0.3 is 0 Å². The fourth-order valence-electron chi connectivity index (χ4n) is 2.90. The summed E-state index contributed by atoms with van der Waals surface area (Å²) in [6.07, 6.45) is 0.474. The highest BCUT2D eigenvalue weighted by Gasteiger charge is 2.29. The van der Waals surface area contributed by atoms with Crippen LogP contribution in [-0.4, -0.2) is 40.1 Å². The Morgan fingerprint density at radius 3 is 3.04 bits per heavy atom. The minimum absolute atomic E-state index is 0.00639. The molecule has 1 aromatic carbocycles. The third-order valence-electron chi connectivity index (χ3n) is 4.33. The van der Waals surface area contributed by atoms with Crippen LogP contribution < -0.4 is 4.74 Å². The molecule has 1 saturated heterocycles. The number of carbonyl (C=O) groups excluding carboxylic acids is 1. The Bertz CT molecular complexity index is 714. The van der Waals surface area contributed by atoms with Gasteiger partial charge in [-0.1, -0.05) is 6.07 Å². The van der Waals surface area contributed by atoms with Crippen LogP contribution in [0.1, 0.15) is 34.4 Å². The van der Waals surface area contributed by atoms with Crippen LogP contribution in [-0.2, 0) is 6.61 Å². The van der Waals surface area contributed by atoms with Gasteiger partial charge in [0.1, 0.15) is 12.4 Å². The number of carbonyl (C=O) groups is 1. The van der Waals surface area contributed by atoms with Crippen LogP contribution >= 0.6 is 11.3 Å². The lowest BCUT2D eigenvalue weighted by Gasteiger charge is -2.18. The highest BCUT2D eigenvalue weighted by Crippen LogP contribution is 2.23. The normalized spacial score (nSPS) is 18.6. The molecule has 0 bridgehead atoms. The summed E-state index contributed by atoms with van der Waals surface area (Å²) in [6.45, 7) is 5.45. The second-order valence-electron chi connectivity index (χ2n) is 6.21. The van der Waals surface area contributed by atoms with E-state index in [1.54, 1.807) is 35.3 Å². The summed E-state index contributed by atoms with van der Waals surface area (Å²) in [5, 5.41) is 12.7. The number of hydrogen-bond acceptors (Lipinski definition) is 5. The van der Waals surface area contributed by atoms with Gasteiger partial charge in [-0.3, -0.25) is 4.79 Å². The van der Waals surface area contributed by atoms with Crippen molar-refractivity contribution in [3.63, 3.8) is 0 Å². The third kappa shape index (κ3) is 3.94. The van der Waals surface area contributed by atoms with Crippen molar-refractivity contribution in [3.05, 3.63) is 45.9 Å². The van der Waals surface area contributed by atoms with Gasteiger partial charge in [0.15, 0.2) is 0 Å². The van der Waals surface area contributed by atoms with Gasteiger partial charge in [0.2, 0.25) is 0 Å². The van der Waals surface area contributed by atoms with Gasteiger partial charge in [-0.05, 0) is 38.5 Å². The molecule has 2 unspecified atom stereocenters. The first kappa shape index (κ1) is 16.9. The van der Waals surface area contributed by atoms with Crippen LogP contribution in [0.4, 0.5) is 0 Å². The lowest BCUT2D eigenvalue weighted by Crippen LogP contribution is -2.30. The van der Waals surface area contributed by atoms with Crippen molar-refractivity contribution in [3.8, 4) is 5.75 Å². The molecule has 0 spiro atoms. The van der Waals surface area contributed by atoms with Crippen LogP contribution in [0.15, 0.2) is 29.6 Å². The smallest absolute Gasteiger partial charge is 0.253 e. The van der Waals surface area contributed by atoms with Crippen LogP contribution in [0.2, 0.25) is 0 Å². The molecule has 2 aromatic rings. The Morgan fingerprint density at radius 2 is 2.38 bits per heavy atom. The van der Waals surface area contributed by atoms with Crippen molar-refractivity contribution in [1.29, 1.82) is 0 Å². The number of aliphatic hydroxyl groups excluding tert-OH is 1. The Hall–Kier alpha value is -1.92. The molecule has 128 valence electrons. The molecule has 3 rings (SSSR count). The number of rotatable bonds is 5. The second kappa shape index (κ2) is 7.32. The molecule has 0 saturated carbocycles. The second-order valence-corrected chi connectivity index (χ2v) is 7.28. The van der Waals surface area contributed by atoms with Crippen molar-refractivity contribution < 1.29 is 14.6 Å². The number of nitrogens with zero attached hydrogens (tertiary/aromatic N) is 2. The quantitative estimate of drug-likeness (QED) is 0.904. The van der Waals surface area contributed by atoms with E-state index in [9.17, 15) is 9.90 Å². The van der Waals surface area contributed by atoms with E-state index in [1.165, 1.54) is 0 Å². The average Bonchev–Trinajstić information content (AvgIpc) is 3.21. The summed E-state index contributed by atoms with van der Waals surface area (Å²) in [5.41, 5.74) is 1.52. The molecule has 24 heavy (non-hydrogen) atoms. The van der Waals surface area contributed by atoms with Gasteiger partial charge in [-0.25, -0.2) is 4.98 Å². The molecule has 5 nitrogen and oxygen atoms in total. The zero-order valence-electron chi connectivity index (χ0n) is 13.9. The van der Waals surface area contributed by atoms with Gasteiger partial charge in [-0.2, -0.15) is 0 Å². The molecular formula is C18H22N2O3S. The Kier molecular flexibility index (Phi) is 5.16. The van der Waals surface area contributed by atoms with Crippen molar-refractivity contribution in [2.45, 2.75) is 33.0 Å². The Labute approximate surface area is 145 Å². The summed E-state index contributed by atoms with van der Waals surface area (Å²) < 4.78 is 5.75. The Balaban J connectivity index is 1.63. The molecular weight excluding hydrogens is 324 g/mol. The summed E-state index contributed by atoms with van der Waals surface area (Å²) in [6, 6.07) is 7.25. The van der Waals surface area contributed by atoms with Gasteiger partial charge in [0, 0.05) is 30.0 Å². The SMILES string of the molecule is Cc1nc(COc2cccc(C(=O)N3CCC(C(C)O)C3)c2)cs1. The van der Waals surface area contributed by atoms with Crippen LogP contribution in [0, 0.1) is 12.8 Å². The van der Waals surface area contributed by atoms with E-state index in [0.29, 0.717) is 31.0 Å². The predicted molar refractivity (Wildman–Crippen MR) is 93.3 cm³/mol. The number of benzene rings is 1. The number of aryl methyl sites for hydroxylation is 1. The molecule has 1 aliphatic heterocycles. The molecule has 1 N–H and O–H groups in total. The van der Waals surface area contributed by atoms with Gasteiger partial charge in [0.25, 0.3) is 5.91 Å². The van der Waals surface area contributed by atoms with Crippen molar-refractivity contribution in [2.24, 2.45) is 5.92 Å². The summed E-state index contributed by atoms with van der Waals surface area (Å²) in [7, 11) is 0. The third-order valence-corrected chi connectivity index (χ3v) is 5.15. The topological polar surface area (TPSA) is 62.7 Å². The minimum Gasteiger partial charge on any atom is -0.487 e. The summed E-state index contributed by atoms with van der Waals surface area (Å²) >= 11 is 1.59. The van der Waals surface area contributed by atoms with Crippen LogP contribution in [0.25, 0.3) is 0 Å². The monoisotopic (exact) mass is 346 g/mol. The fourth-order valence-corrected chi connectivity index (χ4v) is 3.50. The lowest BCUT2D eigenvalue weighted by atomic mass is 10.0. The van der Waals surface area contributed by atoms with Crippen molar-refractivity contribution in [1.82, 2.24) is 9.88 Å². The van der Waals surface area contributed by atoms with Gasteiger partial charge in [0.05, 0.1) is 16.8 Å². The molecule has 2 atom stereocenters.